The SMILES string of the molecule is CCOc1ccccc1NC(=O)C(C)OC(=O)C1CCS(=O)(=O)C1. The fourth-order valence-electron chi connectivity index (χ4n) is 2.39. The number of sulfone groups is 1. The Balaban J connectivity index is 1.94. The van der Waals surface area contributed by atoms with Gasteiger partial charge in [0.15, 0.2) is 15.9 Å². The van der Waals surface area contributed by atoms with Gasteiger partial charge in [0.25, 0.3) is 5.91 Å². The van der Waals surface area contributed by atoms with Gasteiger partial charge in [-0.05, 0) is 32.4 Å². The van der Waals surface area contributed by atoms with Crippen molar-refractivity contribution in [2.24, 2.45) is 5.92 Å². The molecule has 0 saturated carbocycles. The smallest absolute Gasteiger partial charge is 0.310 e. The quantitative estimate of drug-likeness (QED) is 0.774. The summed E-state index contributed by atoms with van der Waals surface area (Å²) >= 11 is 0. The van der Waals surface area contributed by atoms with E-state index in [4.69, 9.17) is 9.47 Å². The molecule has 1 aromatic rings. The molecular formula is C16H21NO6S. The van der Waals surface area contributed by atoms with Crippen LogP contribution in [0.5, 0.6) is 5.75 Å². The number of nitrogens with one attached hydrogen (secondary N) is 1. The van der Waals surface area contributed by atoms with Crippen molar-refractivity contribution in [2.75, 3.05) is 23.4 Å². The first-order chi connectivity index (χ1) is 11.3. The largest absolute Gasteiger partial charge is 0.492 e. The Morgan fingerprint density at radius 3 is 2.67 bits per heavy atom. The number of anilines is 1. The lowest BCUT2D eigenvalue weighted by molar-refractivity contribution is -0.156. The van der Waals surface area contributed by atoms with E-state index in [0.717, 1.165) is 0 Å². The highest BCUT2D eigenvalue weighted by atomic mass is 32.2. The highest BCUT2D eigenvalue weighted by Crippen LogP contribution is 2.24. The van der Waals surface area contributed by atoms with E-state index in [-0.39, 0.29) is 17.9 Å². The lowest BCUT2D eigenvalue weighted by Gasteiger charge is -2.17. The molecule has 1 aliphatic heterocycles. The Labute approximate surface area is 141 Å². The van der Waals surface area contributed by atoms with Crippen molar-refractivity contribution < 1.29 is 27.5 Å². The standard InChI is InChI=1S/C16H21NO6S/c1-3-22-14-7-5-4-6-13(14)17-15(18)11(2)23-16(19)12-8-9-24(20,21)10-12/h4-7,11-12H,3,8-10H2,1-2H3,(H,17,18). The van der Waals surface area contributed by atoms with Crippen LogP contribution in [0.15, 0.2) is 24.3 Å². The number of para-hydroxylation sites is 2. The number of esters is 1. The van der Waals surface area contributed by atoms with Crippen LogP contribution in [0.25, 0.3) is 0 Å². The van der Waals surface area contributed by atoms with Crippen LogP contribution in [0, 0.1) is 5.92 Å². The Bertz CT molecular complexity index is 715. The number of hydrogen-bond donors (Lipinski definition) is 1. The summed E-state index contributed by atoms with van der Waals surface area (Å²) < 4.78 is 33.3. The van der Waals surface area contributed by atoms with Crippen LogP contribution in [0.3, 0.4) is 0 Å². The summed E-state index contributed by atoms with van der Waals surface area (Å²) in [5.41, 5.74) is 0.482. The molecule has 7 nitrogen and oxygen atoms in total. The summed E-state index contributed by atoms with van der Waals surface area (Å²) in [5.74, 6) is -1.56. The Morgan fingerprint density at radius 2 is 2.04 bits per heavy atom. The highest BCUT2D eigenvalue weighted by molar-refractivity contribution is 7.91. The van der Waals surface area contributed by atoms with Gasteiger partial charge in [-0.2, -0.15) is 0 Å². The highest BCUT2D eigenvalue weighted by Gasteiger charge is 2.35. The molecule has 1 amide bonds. The van der Waals surface area contributed by atoms with E-state index in [9.17, 15) is 18.0 Å². The van der Waals surface area contributed by atoms with E-state index in [1.807, 2.05) is 6.92 Å². The molecule has 0 aromatic heterocycles. The number of carbonyl (C=O) groups is 2. The van der Waals surface area contributed by atoms with E-state index in [1.54, 1.807) is 24.3 Å². The van der Waals surface area contributed by atoms with E-state index >= 15 is 0 Å². The minimum atomic E-state index is -3.17. The zero-order valence-corrected chi connectivity index (χ0v) is 14.5. The normalized spacial score (nSPS) is 20.2. The van der Waals surface area contributed by atoms with Gasteiger partial charge >= 0.3 is 5.97 Å². The fraction of sp³-hybridized carbons (Fsp3) is 0.500. The summed E-state index contributed by atoms with van der Waals surface area (Å²) in [7, 11) is -3.17. The topological polar surface area (TPSA) is 98.8 Å². The first kappa shape index (κ1) is 18.3. The van der Waals surface area contributed by atoms with Gasteiger partial charge in [-0.15, -0.1) is 0 Å². The maximum atomic E-state index is 12.2. The predicted octanol–water partition coefficient (Wildman–Crippen LogP) is 1.39. The Kier molecular flexibility index (Phi) is 5.82. The van der Waals surface area contributed by atoms with Gasteiger partial charge in [0.2, 0.25) is 0 Å². The van der Waals surface area contributed by atoms with Crippen LogP contribution in [-0.2, 0) is 24.2 Å². The van der Waals surface area contributed by atoms with Crippen LogP contribution >= 0.6 is 0 Å². The van der Waals surface area contributed by atoms with Crippen molar-refractivity contribution in [3.05, 3.63) is 24.3 Å². The molecule has 1 aromatic carbocycles. The van der Waals surface area contributed by atoms with E-state index in [0.29, 0.717) is 18.0 Å². The molecule has 1 heterocycles. The maximum Gasteiger partial charge on any atom is 0.310 e. The number of rotatable bonds is 6. The molecule has 2 unspecified atom stereocenters. The Morgan fingerprint density at radius 1 is 1.33 bits per heavy atom. The molecule has 0 radical (unpaired) electrons. The molecule has 0 bridgehead atoms. The molecule has 1 N–H and O–H groups in total. The summed E-state index contributed by atoms with van der Waals surface area (Å²) in [4.78, 5) is 24.2. The number of benzene rings is 1. The monoisotopic (exact) mass is 355 g/mol. The van der Waals surface area contributed by atoms with Gasteiger partial charge in [-0.3, -0.25) is 9.59 Å². The van der Waals surface area contributed by atoms with Gasteiger partial charge < -0.3 is 14.8 Å². The zero-order chi connectivity index (χ0) is 17.7. The second-order valence-electron chi connectivity index (χ2n) is 5.60. The van der Waals surface area contributed by atoms with Crippen molar-refractivity contribution in [2.45, 2.75) is 26.4 Å². The number of amides is 1. The minimum absolute atomic E-state index is 0.0188. The third-order valence-electron chi connectivity index (χ3n) is 3.67. The minimum Gasteiger partial charge on any atom is -0.492 e. The molecule has 2 rings (SSSR count). The van der Waals surface area contributed by atoms with Crippen LogP contribution < -0.4 is 10.1 Å². The van der Waals surface area contributed by atoms with Crippen molar-refractivity contribution >= 4 is 27.4 Å². The van der Waals surface area contributed by atoms with Gasteiger partial charge in [0, 0.05) is 0 Å². The van der Waals surface area contributed by atoms with Crippen molar-refractivity contribution in [3.8, 4) is 5.75 Å². The van der Waals surface area contributed by atoms with Gasteiger partial charge in [-0.25, -0.2) is 8.42 Å². The van der Waals surface area contributed by atoms with Crippen LogP contribution in [-0.4, -0.2) is 44.5 Å². The number of ether oxygens (including phenoxy) is 2. The van der Waals surface area contributed by atoms with Crippen molar-refractivity contribution in [3.63, 3.8) is 0 Å². The van der Waals surface area contributed by atoms with Crippen LogP contribution in [0.4, 0.5) is 5.69 Å². The van der Waals surface area contributed by atoms with Crippen molar-refractivity contribution in [1.29, 1.82) is 0 Å². The molecule has 0 aliphatic carbocycles. The third kappa shape index (κ3) is 4.70. The molecule has 24 heavy (non-hydrogen) atoms. The molecule has 8 heteroatoms. The van der Waals surface area contributed by atoms with E-state index in [1.165, 1.54) is 6.92 Å². The lowest BCUT2D eigenvalue weighted by atomic mass is 10.1. The molecule has 0 spiro atoms. The average Bonchev–Trinajstić information content (AvgIpc) is 2.89. The fourth-order valence-corrected chi connectivity index (χ4v) is 4.12. The van der Waals surface area contributed by atoms with E-state index in [2.05, 4.69) is 5.32 Å². The first-order valence-corrected chi connectivity index (χ1v) is 9.58. The molecule has 1 aliphatic rings. The van der Waals surface area contributed by atoms with Gasteiger partial charge in [-0.1, -0.05) is 12.1 Å². The predicted molar refractivity (Wildman–Crippen MR) is 88.6 cm³/mol. The van der Waals surface area contributed by atoms with Crippen LogP contribution in [0.2, 0.25) is 0 Å². The second kappa shape index (κ2) is 7.65. The molecule has 1 saturated heterocycles. The Hall–Kier alpha value is -2.09. The summed E-state index contributed by atoms with van der Waals surface area (Å²) in [6.07, 6.45) is -0.793. The van der Waals surface area contributed by atoms with Crippen molar-refractivity contribution in [1.82, 2.24) is 0 Å². The average molecular weight is 355 g/mol. The number of hydrogen-bond acceptors (Lipinski definition) is 6. The van der Waals surface area contributed by atoms with Gasteiger partial charge in [0.1, 0.15) is 5.75 Å². The summed E-state index contributed by atoms with van der Waals surface area (Å²) in [5, 5.41) is 2.65. The zero-order valence-electron chi connectivity index (χ0n) is 13.7. The van der Waals surface area contributed by atoms with E-state index < -0.39 is 33.7 Å². The van der Waals surface area contributed by atoms with Gasteiger partial charge in [0.05, 0.1) is 29.7 Å². The molecule has 1 fully saturated rings. The first-order valence-electron chi connectivity index (χ1n) is 7.76. The number of carbonyl (C=O) groups excluding carboxylic acids is 2. The third-order valence-corrected chi connectivity index (χ3v) is 5.44. The summed E-state index contributed by atoms with van der Waals surface area (Å²) in [6.45, 7) is 3.73. The summed E-state index contributed by atoms with van der Waals surface area (Å²) in [6, 6.07) is 6.93. The maximum absolute atomic E-state index is 12.2. The molecular weight excluding hydrogens is 334 g/mol. The molecule has 132 valence electrons. The second-order valence-corrected chi connectivity index (χ2v) is 7.83. The van der Waals surface area contributed by atoms with Crippen LogP contribution in [0.1, 0.15) is 20.3 Å². The molecule has 2 atom stereocenters. The lowest BCUT2D eigenvalue weighted by Crippen LogP contribution is -2.32.